The van der Waals surface area contributed by atoms with Crippen molar-refractivity contribution >= 4 is 11.6 Å². The lowest BCUT2D eigenvalue weighted by molar-refractivity contribution is 0.0646. The number of ether oxygens (including phenoxy) is 1. The molecule has 0 saturated carbocycles. The van der Waals surface area contributed by atoms with E-state index in [2.05, 4.69) is 11.8 Å². The van der Waals surface area contributed by atoms with Gasteiger partial charge in [-0.2, -0.15) is 0 Å². The van der Waals surface area contributed by atoms with Gasteiger partial charge in [0, 0.05) is 31.7 Å². The normalized spacial score (nSPS) is 16.7. The molecule has 0 unspecified atom stereocenters. The summed E-state index contributed by atoms with van der Waals surface area (Å²) in [7, 11) is 3.45. The molecule has 0 aromatic heterocycles. The number of hydrogen-bond donors (Lipinski definition) is 1. The summed E-state index contributed by atoms with van der Waals surface area (Å²) in [6.07, 6.45) is 2.06. The van der Waals surface area contributed by atoms with Gasteiger partial charge >= 0.3 is 0 Å². The van der Waals surface area contributed by atoms with Crippen LogP contribution in [0, 0.1) is 0 Å². The highest BCUT2D eigenvalue weighted by Crippen LogP contribution is 2.24. The molecule has 2 N–H and O–H groups in total. The highest BCUT2D eigenvalue weighted by molar-refractivity contribution is 5.95. The first kappa shape index (κ1) is 15.6. The number of amides is 1. The minimum atomic E-state index is 0.0308. The molecule has 0 aliphatic carbocycles. The summed E-state index contributed by atoms with van der Waals surface area (Å²) in [5.74, 6) is 0.582. The molecule has 1 saturated heterocycles. The first-order valence-electron chi connectivity index (χ1n) is 7.49. The van der Waals surface area contributed by atoms with Crippen LogP contribution in [0.4, 0.5) is 5.69 Å². The van der Waals surface area contributed by atoms with Gasteiger partial charge in [-0.1, -0.05) is 6.92 Å². The lowest BCUT2D eigenvalue weighted by Gasteiger charge is -2.36. The number of hydrogen-bond acceptors (Lipinski definition) is 4. The van der Waals surface area contributed by atoms with Crippen molar-refractivity contribution in [2.45, 2.75) is 25.8 Å². The van der Waals surface area contributed by atoms with Gasteiger partial charge in [-0.05, 0) is 37.6 Å². The Morgan fingerprint density at radius 1 is 1.43 bits per heavy atom. The number of carbonyl (C=O) groups is 1. The van der Waals surface area contributed by atoms with E-state index in [0.717, 1.165) is 32.5 Å². The predicted molar refractivity (Wildman–Crippen MR) is 84.6 cm³/mol. The van der Waals surface area contributed by atoms with Crippen molar-refractivity contribution in [2.24, 2.45) is 0 Å². The molecule has 0 spiro atoms. The van der Waals surface area contributed by atoms with Gasteiger partial charge in [-0.3, -0.25) is 4.79 Å². The van der Waals surface area contributed by atoms with Crippen LogP contribution in [0.15, 0.2) is 18.2 Å². The van der Waals surface area contributed by atoms with Crippen molar-refractivity contribution in [1.82, 2.24) is 9.80 Å². The van der Waals surface area contributed by atoms with E-state index >= 15 is 0 Å². The van der Waals surface area contributed by atoms with Crippen molar-refractivity contribution < 1.29 is 9.53 Å². The molecule has 1 aromatic carbocycles. The number of nitrogen functional groups attached to an aromatic ring is 1. The van der Waals surface area contributed by atoms with E-state index in [1.807, 2.05) is 11.9 Å². The monoisotopic (exact) mass is 291 g/mol. The number of nitrogens with zero attached hydrogens (tertiary/aromatic N) is 2. The number of methoxy groups -OCH3 is 1. The zero-order chi connectivity index (χ0) is 15.4. The molecular weight excluding hydrogens is 266 g/mol. The number of nitrogens with two attached hydrogens (primary N) is 1. The Hall–Kier alpha value is -1.75. The highest BCUT2D eigenvalue weighted by Gasteiger charge is 2.25. The molecule has 1 aromatic rings. The van der Waals surface area contributed by atoms with Crippen molar-refractivity contribution in [3.63, 3.8) is 0 Å². The summed E-state index contributed by atoms with van der Waals surface area (Å²) in [6.45, 7) is 5.38. The lowest BCUT2D eigenvalue weighted by atomic mass is 10.0. The third-order valence-corrected chi connectivity index (χ3v) is 4.35. The summed E-state index contributed by atoms with van der Waals surface area (Å²) >= 11 is 0. The maximum absolute atomic E-state index is 12.6. The Bertz CT molecular complexity index is 496. The lowest BCUT2D eigenvalue weighted by Crippen LogP contribution is -2.45. The molecule has 0 bridgehead atoms. The number of likely N-dealkylation sites (tertiary alicyclic amines) is 1. The first-order chi connectivity index (χ1) is 10.1. The molecule has 1 aliphatic heterocycles. The van der Waals surface area contributed by atoms with Gasteiger partial charge in [0.25, 0.3) is 5.91 Å². The molecule has 116 valence electrons. The van der Waals surface area contributed by atoms with E-state index in [9.17, 15) is 4.79 Å². The number of carbonyl (C=O) groups excluding carboxylic acids is 1. The smallest absolute Gasteiger partial charge is 0.253 e. The molecule has 1 aliphatic rings. The van der Waals surface area contributed by atoms with E-state index in [0.29, 0.717) is 23.0 Å². The zero-order valence-corrected chi connectivity index (χ0v) is 13.1. The minimum absolute atomic E-state index is 0.0308. The summed E-state index contributed by atoms with van der Waals surface area (Å²) in [4.78, 5) is 16.9. The average Bonchev–Trinajstić information content (AvgIpc) is 2.54. The van der Waals surface area contributed by atoms with Crippen molar-refractivity contribution in [1.29, 1.82) is 0 Å². The summed E-state index contributed by atoms with van der Waals surface area (Å²) in [5, 5.41) is 0. The van der Waals surface area contributed by atoms with E-state index in [1.165, 1.54) is 0 Å². The largest absolute Gasteiger partial charge is 0.495 e. The molecule has 1 heterocycles. The Labute approximate surface area is 126 Å². The second-order valence-electron chi connectivity index (χ2n) is 5.54. The standard InChI is InChI=1S/C16H25N3O2/c1-4-19-9-7-13(8-10-19)18(2)16(20)12-5-6-14(17)15(11-12)21-3/h5-6,11,13H,4,7-10,17H2,1-3H3. The van der Waals surface area contributed by atoms with Crippen LogP contribution in [0.2, 0.25) is 0 Å². The Morgan fingerprint density at radius 2 is 2.10 bits per heavy atom. The van der Waals surface area contributed by atoms with E-state index in [1.54, 1.807) is 25.3 Å². The molecular formula is C16H25N3O2. The summed E-state index contributed by atoms with van der Waals surface area (Å²) < 4.78 is 5.19. The molecule has 0 radical (unpaired) electrons. The number of anilines is 1. The van der Waals surface area contributed by atoms with E-state index < -0.39 is 0 Å². The fourth-order valence-electron chi connectivity index (χ4n) is 2.84. The quantitative estimate of drug-likeness (QED) is 0.860. The van der Waals surface area contributed by atoms with E-state index in [-0.39, 0.29) is 5.91 Å². The highest BCUT2D eigenvalue weighted by atomic mass is 16.5. The topological polar surface area (TPSA) is 58.8 Å². The van der Waals surface area contributed by atoms with Gasteiger partial charge in [0.2, 0.25) is 0 Å². The van der Waals surface area contributed by atoms with Crippen LogP contribution in [-0.4, -0.2) is 55.5 Å². The van der Waals surface area contributed by atoms with Gasteiger partial charge in [0.1, 0.15) is 5.75 Å². The summed E-state index contributed by atoms with van der Waals surface area (Å²) in [6, 6.07) is 5.51. The Kier molecular flexibility index (Phi) is 5.07. The summed E-state index contributed by atoms with van der Waals surface area (Å²) in [5.41, 5.74) is 6.97. The van der Waals surface area contributed by atoms with E-state index in [4.69, 9.17) is 10.5 Å². The number of piperidine rings is 1. The number of rotatable bonds is 4. The Balaban J connectivity index is 2.05. The van der Waals surface area contributed by atoms with Crippen molar-refractivity contribution in [3.8, 4) is 5.75 Å². The van der Waals surface area contributed by atoms with Gasteiger partial charge < -0.3 is 20.3 Å². The molecule has 5 nitrogen and oxygen atoms in total. The maximum atomic E-state index is 12.6. The van der Waals surface area contributed by atoms with Gasteiger partial charge in [-0.15, -0.1) is 0 Å². The third kappa shape index (κ3) is 3.47. The van der Waals surface area contributed by atoms with Crippen molar-refractivity contribution in [2.75, 3.05) is 39.5 Å². The van der Waals surface area contributed by atoms with Crippen LogP contribution in [0.1, 0.15) is 30.1 Å². The minimum Gasteiger partial charge on any atom is -0.495 e. The van der Waals surface area contributed by atoms with Gasteiger partial charge in [-0.25, -0.2) is 0 Å². The molecule has 21 heavy (non-hydrogen) atoms. The fourth-order valence-corrected chi connectivity index (χ4v) is 2.84. The van der Waals surface area contributed by atoms with Crippen LogP contribution in [0.5, 0.6) is 5.75 Å². The second kappa shape index (κ2) is 6.80. The first-order valence-corrected chi connectivity index (χ1v) is 7.49. The second-order valence-corrected chi connectivity index (χ2v) is 5.54. The van der Waals surface area contributed by atoms with Gasteiger partial charge in [0.05, 0.1) is 12.8 Å². The molecule has 1 amide bonds. The van der Waals surface area contributed by atoms with Crippen LogP contribution in [-0.2, 0) is 0 Å². The predicted octanol–water partition coefficient (Wildman–Crippen LogP) is 1.83. The third-order valence-electron chi connectivity index (χ3n) is 4.35. The van der Waals surface area contributed by atoms with Crippen molar-refractivity contribution in [3.05, 3.63) is 23.8 Å². The molecule has 1 fully saturated rings. The zero-order valence-electron chi connectivity index (χ0n) is 13.1. The maximum Gasteiger partial charge on any atom is 0.253 e. The fraction of sp³-hybridized carbons (Fsp3) is 0.562. The van der Waals surface area contributed by atoms with Crippen LogP contribution in [0.25, 0.3) is 0 Å². The van der Waals surface area contributed by atoms with Gasteiger partial charge in [0.15, 0.2) is 0 Å². The van der Waals surface area contributed by atoms with Crippen LogP contribution < -0.4 is 10.5 Å². The molecule has 2 rings (SSSR count). The SMILES string of the molecule is CCN1CCC(N(C)C(=O)c2ccc(N)c(OC)c2)CC1. The number of benzene rings is 1. The molecule has 0 atom stereocenters. The van der Waals surface area contributed by atoms with Crippen LogP contribution in [0.3, 0.4) is 0 Å². The van der Waals surface area contributed by atoms with Crippen LogP contribution >= 0.6 is 0 Å². The average molecular weight is 291 g/mol. The molecule has 5 heteroatoms. The Morgan fingerprint density at radius 3 is 2.67 bits per heavy atom.